The Labute approximate surface area is 198 Å². The number of benzene rings is 2. The minimum Gasteiger partial charge on any atom is -0.385 e. The van der Waals surface area contributed by atoms with Crippen LogP contribution in [0.25, 0.3) is 10.9 Å². The van der Waals surface area contributed by atoms with Gasteiger partial charge in [-0.1, -0.05) is 32.0 Å². The Kier molecular flexibility index (Phi) is 8.48. The van der Waals surface area contributed by atoms with Crippen LogP contribution in [0.1, 0.15) is 55.3 Å². The molecule has 0 fully saturated rings. The topological polar surface area (TPSA) is 108 Å². The number of para-hydroxylation sites is 1. The lowest BCUT2D eigenvalue weighted by Crippen LogP contribution is -2.39. The second-order valence-electron chi connectivity index (χ2n) is 8.02. The highest BCUT2D eigenvalue weighted by Crippen LogP contribution is 2.27. The second kappa shape index (κ2) is 11.5. The molecule has 3 rings (SSSR count). The first-order valence-electron chi connectivity index (χ1n) is 11.5. The first-order valence-corrected chi connectivity index (χ1v) is 11.5. The van der Waals surface area contributed by atoms with Gasteiger partial charge in [0.15, 0.2) is 0 Å². The third-order valence-corrected chi connectivity index (χ3v) is 5.71. The van der Waals surface area contributed by atoms with E-state index in [0.29, 0.717) is 49.3 Å². The number of methoxy groups -OCH3 is 1. The third kappa shape index (κ3) is 5.31. The fraction of sp³-hybridized carbons (Fsp3) is 0.400. The van der Waals surface area contributed by atoms with Crippen LogP contribution in [0.5, 0.6) is 0 Å². The predicted octanol–water partition coefficient (Wildman–Crippen LogP) is 4.34. The number of non-ortho nitro benzene ring substituents is 1. The summed E-state index contributed by atoms with van der Waals surface area (Å²) in [5.74, 6) is 0.168. The van der Waals surface area contributed by atoms with Gasteiger partial charge in [0.2, 0.25) is 0 Å². The van der Waals surface area contributed by atoms with Gasteiger partial charge in [-0.05, 0) is 37.5 Å². The van der Waals surface area contributed by atoms with Crippen LogP contribution in [0, 0.1) is 10.1 Å². The number of hydrogen-bond donors (Lipinski definition) is 0. The maximum atomic E-state index is 13.7. The van der Waals surface area contributed by atoms with E-state index in [4.69, 9.17) is 9.72 Å². The summed E-state index contributed by atoms with van der Waals surface area (Å²) < 4.78 is 6.84. The van der Waals surface area contributed by atoms with E-state index >= 15 is 0 Å². The lowest BCUT2D eigenvalue weighted by molar-refractivity contribution is -0.384. The van der Waals surface area contributed by atoms with E-state index in [2.05, 4.69) is 0 Å². The Bertz CT molecular complexity index is 1220. The zero-order valence-electron chi connectivity index (χ0n) is 19.8. The number of nitro benzene ring substituents is 1. The predicted molar refractivity (Wildman–Crippen MR) is 130 cm³/mol. The molecular formula is C25H30N4O5. The van der Waals surface area contributed by atoms with E-state index in [-0.39, 0.29) is 22.7 Å². The van der Waals surface area contributed by atoms with Crippen molar-refractivity contribution < 1.29 is 14.5 Å². The number of carbonyl (C=O) groups is 1. The Balaban J connectivity index is 2.14. The normalized spacial score (nSPS) is 12.0. The molecule has 9 heteroatoms. The number of hydrogen-bond acceptors (Lipinski definition) is 6. The number of amides is 1. The molecular weight excluding hydrogens is 436 g/mol. The second-order valence-corrected chi connectivity index (χ2v) is 8.02. The van der Waals surface area contributed by atoms with Gasteiger partial charge in [-0.25, -0.2) is 4.98 Å². The molecule has 0 saturated heterocycles. The van der Waals surface area contributed by atoms with Crippen LogP contribution in [0.15, 0.2) is 53.3 Å². The summed E-state index contributed by atoms with van der Waals surface area (Å²) in [6.45, 7) is 5.19. The minimum atomic E-state index is -0.521. The van der Waals surface area contributed by atoms with Crippen molar-refractivity contribution in [1.29, 1.82) is 0 Å². The molecule has 1 aromatic heterocycles. The fourth-order valence-corrected chi connectivity index (χ4v) is 4.12. The first kappa shape index (κ1) is 25.0. The van der Waals surface area contributed by atoms with Crippen LogP contribution < -0.4 is 5.56 Å². The molecule has 2 aromatic carbocycles. The average Bonchev–Trinajstić information content (AvgIpc) is 2.85. The van der Waals surface area contributed by atoms with Crippen molar-refractivity contribution in [1.82, 2.24) is 14.5 Å². The van der Waals surface area contributed by atoms with E-state index in [9.17, 15) is 19.7 Å². The van der Waals surface area contributed by atoms with E-state index in [1.165, 1.54) is 18.2 Å². The van der Waals surface area contributed by atoms with E-state index < -0.39 is 11.0 Å². The van der Waals surface area contributed by atoms with Crippen molar-refractivity contribution in [2.45, 2.75) is 45.7 Å². The summed E-state index contributed by atoms with van der Waals surface area (Å²) >= 11 is 0. The number of aromatic nitrogens is 2. The summed E-state index contributed by atoms with van der Waals surface area (Å²) in [6.07, 6.45) is 1.81. The van der Waals surface area contributed by atoms with Crippen molar-refractivity contribution in [3.05, 3.63) is 80.4 Å². The number of rotatable bonds is 11. The molecule has 1 atom stereocenters. The van der Waals surface area contributed by atoms with Crippen molar-refractivity contribution in [3.8, 4) is 0 Å². The van der Waals surface area contributed by atoms with Gasteiger partial charge in [0.25, 0.3) is 17.2 Å². The summed E-state index contributed by atoms with van der Waals surface area (Å²) in [6, 6.07) is 12.4. The van der Waals surface area contributed by atoms with Crippen LogP contribution in [0.4, 0.5) is 5.69 Å². The summed E-state index contributed by atoms with van der Waals surface area (Å²) in [5, 5.41) is 11.8. The van der Waals surface area contributed by atoms with Crippen LogP contribution in [0.2, 0.25) is 0 Å². The van der Waals surface area contributed by atoms with Gasteiger partial charge < -0.3 is 9.64 Å². The van der Waals surface area contributed by atoms with Crippen molar-refractivity contribution in [2.75, 3.05) is 20.3 Å². The van der Waals surface area contributed by atoms with Gasteiger partial charge in [0.05, 0.1) is 21.9 Å². The highest BCUT2D eigenvalue weighted by molar-refractivity contribution is 5.95. The van der Waals surface area contributed by atoms with Gasteiger partial charge in [-0.15, -0.1) is 0 Å². The summed E-state index contributed by atoms with van der Waals surface area (Å²) in [7, 11) is 1.59. The number of ether oxygens (including phenoxy) is 1. The van der Waals surface area contributed by atoms with Crippen molar-refractivity contribution in [2.24, 2.45) is 0 Å². The number of fused-ring (bicyclic) bond motifs is 1. The molecule has 0 aliphatic carbocycles. The molecule has 0 saturated carbocycles. The first-order chi connectivity index (χ1) is 16.4. The van der Waals surface area contributed by atoms with Crippen LogP contribution in [0.3, 0.4) is 0 Å². The molecule has 1 unspecified atom stereocenters. The molecule has 0 N–H and O–H groups in total. The van der Waals surface area contributed by atoms with E-state index in [1.807, 2.05) is 26.0 Å². The molecule has 0 radical (unpaired) electrons. The van der Waals surface area contributed by atoms with Gasteiger partial charge in [0.1, 0.15) is 5.82 Å². The Morgan fingerprint density at radius 2 is 1.97 bits per heavy atom. The molecule has 180 valence electrons. The molecule has 1 amide bonds. The standard InChI is InChI=1S/C25H30N4O5/c1-4-14-28-23(26-21-13-7-6-12-20(21)25(28)31)22(5-2)27(15-9-16-34-3)24(30)18-10-8-11-19(17-18)29(32)33/h6-8,10-13,17,22H,4-5,9,14-16H2,1-3H3. The number of nitro groups is 1. The van der Waals surface area contributed by atoms with E-state index in [1.54, 1.807) is 34.8 Å². The van der Waals surface area contributed by atoms with Gasteiger partial charge >= 0.3 is 0 Å². The SMILES string of the molecule is CCCn1c(C(CC)N(CCCOC)C(=O)c2cccc([N+](=O)[O-])c2)nc2ccccc2c1=O. The van der Waals surface area contributed by atoms with Crippen LogP contribution in [-0.4, -0.2) is 45.5 Å². The zero-order valence-corrected chi connectivity index (χ0v) is 19.8. The Morgan fingerprint density at radius 3 is 2.65 bits per heavy atom. The molecule has 0 spiro atoms. The lowest BCUT2D eigenvalue weighted by Gasteiger charge is -2.32. The molecule has 0 aliphatic heterocycles. The van der Waals surface area contributed by atoms with Crippen LogP contribution in [-0.2, 0) is 11.3 Å². The lowest BCUT2D eigenvalue weighted by atomic mass is 10.1. The molecule has 9 nitrogen and oxygen atoms in total. The van der Waals surface area contributed by atoms with Crippen molar-refractivity contribution >= 4 is 22.5 Å². The highest BCUT2D eigenvalue weighted by Gasteiger charge is 2.29. The highest BCUT2D eigenvalue weighted by atomic mass is 16.6. The zero-order chi connectivity index (χ0) is 24.7. The number of nitrogens with zero attached hydrogens (tertiary/aromatic N) is 4. The fourth-order valence-electron chi connectivity index (χ4n) is 4.12. The Hall–Kier alpha value is -3.59. The summed E-state index contributed by atoms with van der Waals surface area (Å²) in [5.41, 5.74) is 0.506. The van der Waals surface area contributed by atoms with Crippen LogP contribution >= 0.6 is 0 Å². The molecule has 3 aromatic rings. The molecule has 34 heavy (non-hydrogen) atoms. The van der Waals surface area contributed by atoms with Gasteiger partial charge in [-0.2, -0.15) is 0 Å². The van der Waals surface area contributed by atoms with Gasteiger partial charge in [0, 0.05) is 44.5 Å². The molecule has 0 bridgehead atoms. The van der Waals surface area contributed by atoms with Crippen molar-refractivity contribution in [3.63, 3.8) is 0 Å². The Morgan fingerprint density at radius 1 is 1.21 bits per heavy atom. The monoisotopic (exact) mass is 466 g/mol. The van der Waals surface area contributed by atoms with E-state index in [0.717, 1.165) is 6.42 Å². The number of carbonyl (C=O) groups excluding carboxylic acids is 1. The summed E-state index contributed by atoms with van der Waals surface area (Å²) in [4.78, 5) is 44.2. The molecule has 1 heterocycles. The maximum Gasteiger partial charge on any atom is 0.270 e. The molecule has 0 aliphatic rings. The third-order valence-electron chi connectivity index (χ3n) is 5.71. The average molecular weight is 467 g/mol. The quantitative estimate of drug-likeness (QED) is 0.236. The van der Waals surface area contributed by atoms with Gasteiger partial charge in [-0.3, -0.25) is 24.3 Å². The minimum absolute atomic E-state index is 0.138. The smallest absolute Gasteiger partial charge is 0.270 e. The maximum absolute atomic E-state index is 13.7. The largest absolute Gasteiger partial charge is 0.385 e.